The highest BCUT2D eigenvalue weighted by molar-refractivity contribution is 7.89. The van der Waals surface area contributed by atoms with E-state index < -0.39 is 10.0 Å². The van der Waals surface area contributed by atoms with Gasteiger partial charge in [0.25, 0.3) is 0 Å². The van der Waals surface area contributed by atoms with Crippen LogP contribution in [-0.4, -0.2) is 34.5 Å². The fraction of sp³-hybridized carbons (Fsp3) is 0.462. The molecule has 0 radical (unpaired) electrons. The van der Waals surface area contributed by atoms with Crippen LogP contribution in [0.3, 0.4) is 0 Å². The molecule has 7 nitrogen and oxygen atoms in total. The molecule has 116 valence electrons. The highest BCUT2D eigenvalue weighted by Gasteiger charge is 2.29. The van der Waals surface area contributed by atoms with Gasteiger partial charge in [0.2, 0.25) is 15.9 Å². The van der Waals surface area contributed by atoms with Crippen LogP contribution in [0.5, 0.6) is 5.75 Å². The molecular weight excluding hydrogens is 294 g/mol. The lowest BCUT2D eigenvalue weighted by atomic mass is 9.88. The molecule has 1 heterocycles. The number of nitrogens with one attached hydrogen (secondary N) is 2. The standard InChI is InChI=1S/C13H19N3O4S/c1-8(9-6-15-7-9)13(17)16-11-5-10(21(14,18)19)3-4-12(11)20-2/h3-5,8-9,15H,6-7H2,1-2H3,(H,16,17)(H2,14,18,19). The molecule has 21 heavy (non-hydrogen) atoms. The number of carbonyl (C=O) groups excluding carboxylic acids is 1. The zero-order valence-corrected chi connectivity index (χ0v) is 12.7. The van der Waals surface area contributed by atoms with E-state index in [2.05, 4.69) is 10.6 Å². The van der Waals surface area contributed by atoms with Crippen LogP contribution in [0, 0.1) is 11.8 Å². The second-order valence-corrected chi connectivity index (χ2v) is 6.66. The summed E-state index contributed by atoms with van der Waals surface area (Å²) >= 11 is 0. The van der Waals surface area contributed by atoms with Crippen molar-refractivity contribution in [3.05, 3.63) is 18.2 Å². The smallest absolute Gasteiger partial charge is 0.238 e. The molecule has 1 fully saturated rings. The number of amides is 1. The highest BCUT2D eigenvalue weighted by atomic mass is 32.2. The van der Waals surface area contributed by atoms with Crippen molar-refractivity contribution in [3.8, 4) is 5.75 Å². The molecule has 1 unspecified atom stereocenters. The van der Waals surface area contributed by atoms with Gasteiger partial charge in [-0.05, 0) is 37.2 Å². The Morgan fingerprint density at radius 1 is 1.48 bits per heavy atom. The first-order valence-electron chi connectivity index (χ1n) is 6.55. The van der Waals surface area contributed by atoms with E-state index in [4.69, 9.17) is 9.88 Å². The molecule has 1 atom stereocenters. The lowest BCUT2D eigenvalue weighted by molar-refractivity contribution is -0.121. The van der Waals surface area contributed by atoms with Crippen molar-refractivity contribution in [3.63, 3.8) is 0 Å². The molecule has 1 aliphatic rings. The SMILES string of the molecule is COc1ccc(S(N)(=O)=O)cc1NC(=O)C(C)C1CNC1. The summed E-state index contributed by atoms with van der Waals surface area (Å²) in [6.07, 6.45) is 0. The maximum Gasteiger partial charge on any atom is 0.238 e. The predicted molar refractivity (Wildman–Crippen MR) is 78.5 cm³/mol. The Balaban J connectivity index is 2.22. The van der Waals surface area contributed by atoms with Gasteiger partial charge in [-0.2, -0.15) is 0 Å². The zero-order valence-electron chi connectivity index (χ0n) is 11.9. The average molecular weight is 313 g/mol. The summed E-state index contributed by atoms with van der Waals surface area (Å²) in [5.74, 6) is 0.326. The fourth-order valence-corrected chi connectivity index (χ4v) is 2.63. The van der Waals surface area contributed by atoms with Crippen molar-refractivity contribution in [2.24, 2.45) is 17.0 Å². The molecule has 1 amide bonds. The number of ether oxygens (including phenoxy) is 1. The van der Waals surface area contributed by atoms with E-state index in [9.17, 15) is 13.2 Å². The largest absolute Gasteiger partial charge is 0.495 e. The summed E-state index contributed by atoms with van der Waals surface area (Å²) in [6.45, 7) is 3.46. The van der Waals surface area contributed by atoms with Gasteiger partial charge in [0.1, 0.15) is 5.75 Å². The molecule has 4 N–H and O–H groups in total. The number of hydrogen-bond donors (Lipinski definition) is 3. The first-order valence-corrected chi connectivity index (χ1v) is 8.10. The van der Waals surface area contributed by atoms with Crippen molar-refractivity contribution in [1.82, 2.24) is 5.32 Å². The Bertz CT molecular complexity index is 641. The van der Waals surface area contributed by atoms with E-state index in [0.29, 0.717) is 11.4 Å². The number of carbonyl (C=O) groups is 1. The number of nitrogens with two attached hydrogens (primary N) is 1. The maximum absolute atomic E-state index is 12.2. The first-order chi connectivity index (χ1) is 9.82. The number of rotatable bonds is 5. The predicted octanol–water partition coefficient (Wildman–Crippen LogP) is 0.137. The fourth-order valence-electron chi connectivity index (χ4n) is 2.09. The second kappa shape index (κ2) is 6.00. The van der Waals surface area contributed by atoms with E-state index in [1.54, 1.807) is 0 Å². The quantitative estimate of drug-likeness (QED) is 0.716. The molecule has 0 aliphatic carbocycles. The second-order valence-electron chi connectivity index (χ2n) is 5.10. The van der Waals surface area contributed by atoms with Gasteiger partial charge in [-0.3, -0.25) is 4.79 Å². The summed E-state index contributed by atoms with van der Waals surface area (Å²) in [5.41, 5.74) is 0.299. The van der Waals surface area contributed by atoms with Crippen LogP contribution in [-0.2, 0) is 14.8 Å². The van der Waals surface area contributed by atoms with Gasteiger partial charge in [-0.15, -0.1) is 0 Å². The van der Waals surface area contributed by atoms with Crippen LogP contribution in [0.25, 0.3) is 0 Å². The van der Waals surface area contributed by atoms with Gasteiger partial charge in [-0.25, -0.2) is 13.6 Å². The summed E-state index contributed by atoms with van der Waals surface area (Å²) in [5, 5.41) is 10.9. The summed E-state index contributed by atoms with van der Waals surface area (Å²) in [7, 11) is -2.39. The molecule has 1 aromatic rings. The van der Waals surface area contributed by atoms with Gasteiger partial charge < -0.3 is 15.4 Å². The molecule has 0 spiro atoms. The van der Waals surface area contributed by atoms with E-state index in [0.717, 1.165) is 13.1 Å². The third-order valence-electron chi connectivity index (χ3n) is 3.69. The van der Waals surface area contributed by atoms with Crippen molar-refractivity contribution in [2.45, 2.75) is 11.8 Å². The molecule has 8 heteroatoms. The van der Waals surface area contributed by atoms with E-state index in [-0.39, 0.29) is 22.6 Å². The van der Waals surface area contributed by atoms with Gasteiger partial charge in [0, 0.05) is 5.92 Å². The van der Waals surface area contributed by atoms with Crippen LogP contribution in [0.2, 0.25) is 0 Å². The number of methoxy groups -OCH3 is 1. The minimum atomic E-state index is -3.83. The molecule has 1 saturated heterocycles. The lowest BCUT2D eigenvalue weighted by Gasteiger charge is -2.31. The van der Waals surface area contributed by atoms with Crippen LogP contribution in [0.15, 0.2) is 23.1 Å². The number of anilines is 1. The highest BCUT2D eigenvalue weighted by Crippen LogP contribution is 2.28. The molecule has 0 saturated carbocycles. The van der Waals surface area contributed by atoms with Crippen LogP contribution >= 0.6 is 0 Å². The van der Waals surface area contributed by atoms with Crippen LogP contribution < -0.4 is 20.5 Å². The first kappa shape index (κ1) is 15.7. The molecule has 1 aromatic carbocycles. The third kappa shape index (κ3) is 3.52. The molecular formula is C13H19N3O4S. The summed E-state index contributed by atoms with van der Waals surface area (Å²) in [4.78, 5) is 12.1. The molecule has 1 aliphatic heterocycles. The Morgan fingerprint density at radius 2 is 2.14 bits per heavy atom. The number of primary sulfonamides is 1. The Kier molecular flexibility index (Phi) is 4.50. The minimum Gasteiger partial charge on any atom is -0.495 e. The van der Waals surface area contributed by atoms with Crippen molar-refractivity contribution >= 4 is 21.6 Å². The van der Waals surface area contributed by atoms with Gasteiger partial charge in [0.15, 0.2) is 0 Å². The summed E-state index contributed by atoms with van der Waals surface area (Å²) < 4.78 is 27.9. The number of benzene rings is 1. The lowest BCUT2D eigenvalue weighted by Crippen LogP contribution is -2.48. The van der Waals surface area contributed by atoms with Crippen molar-refractivity contribution in [2.75, 3.05) is 25.5 Å². The van der Waals surface area contributed by atoms with Crippen molar-refractivity contribution < 1.29 is 17.9 Å². The minimum absolute atomic E-state index is 0.0726. The summed E-state index contributed by atoms with van der Waals surface area (Å²) in [6, 6.07) is 4.10. The third-order valence-corrected chi connectivity index (χ3v) is 4.60. The molecule has 0 bridgehead atoms. The Labute approximate surface area is 123 Å². The van der Waals surface area contributed by atoms with E-state index in [1.165, 1.54) is 25.3 Å². The Morgan fingerprint density at radius 3 is 2.62 bits per heavy atom. The van der Waals surface area contributed by atoms with Crippen LogP contribution in [0.1, 0.15) is 6.92 Å². The number of hydrogen-bond acceptors (Lipinski definition) is 5. The van der Waals surface area contributed by atoms with Gasteiger partial charge in [0.05, 0.1) is 17.7 Å². The van der Waals surface area contributed by atoms with Gasteiger partial charge >= 0.3 is 0 Å². The number of sulfonamides is 1. The molecule has 2 rings (SSSR count). The molecule has 0 aromatic heterocycles. The topological polar surface area (TPSA) is 111 Å². The van der Waals surface area contributed by atoms with E-state index >= 15 is 0 Å². The van der Waals surface area contributed by atoms with Gasteiger partial charge in [-0.1, -0.05) is 6.92 Å². The normalized spacial score (nSPS) is 16.9. The average Bonchev–Trinajstić information content (AvgIpc) is 2.35. The van der Waals surface area contributed by atoms with Crippen molar-refractivity contribution in [1.29, 1.82) is 0 Å². The maximum atomic E-state index is 12.2. The van der Waals surface area contributed by atoms with E-state index in [1.807, 2.05) is 6.92 Å². The Hall–Kier alpha value is -1.64. The van der Waals surface area contributed by atoms with Crippen LogP contribution in [0.4, 0.5) is 5.69 Å². The zero-order chi connectivity index (χ0) is 15.6. The monoisotopic (exact) mass is 313 g/mol.